The van der Waals surface area contributed by atoms with E-state index in [9.17, 15) is 9.90 Å². The van der Waals surface area contributed by atoms with Crippen LogP contribution in [0.25, 0.3) is 0 Å². The van der Waals surface area contributed by atoms with E-state index in [1.54, 1.807) is 6.07 Å². The summed E-state index contributed by atoms with van der Waals surface area (Å²) in [5.74, 6) is -0.0157. The predicted octanol–water partition coefficient (Wildman–Crippen LogP) is 2.15. The van der Waals surface area contributed by atoms with Crippen molar-refractivity contribution in [2.45, 2.75) is 33.0 Å². The van der Waals surface area contributed by atoms with Gasteiger partial charge in [0.05, 0.1) is 0 Å². The van der Waals surface area contributed by atoms with E-state index < -0.39 is 18.3 Å². The smallest absolute Gasteiger partial charge is 0.404 e. The molecule has 0 radical (unpaired) electrons. The Balaban J connectivity index is 2.91. The van der Waals surface area contributed by atoms with Gasteiger partial charge in [0.25, 0.3) is 0 Å². The number of rotatable bonds is 4. The zero-order chi connectivity index (χ0) is 13.0. The summed E-state index contributed by atoms with van der Waals surface area (Å²) in [4.78, 5) is 10.8. The molecule has 2 atom stereocenters. The first-order valence-corrected chi connectivity index (χ1v) is 5.62. The highest BCUT2D eigenvalue weighted by molar-refractivity contribution is 5.64. The number of benzene rings is 1. The van der Waals surface area contributed by atoms with Crippen LogP contribution < -0.4 is 5.73 Å². The van der Waals surface area contributed by atoms with Crippen molar-refractivity contribution in [3.05, 3.63) is 35.4 Å². The molecule has 0 saturated carbocycles. The van der Waals surface area contributed by atoms with E-state index in [0.717, 1.165) is 11.1 Å². The van der Waals surface area contributed by atoms with Crippen molar-refractivity contribution >= 4 is 6.09 Å². The first-order chi connectivity index (χ1) is 7.91. The van der Waals surface area contributed by atoms with Crippen molar-refractivity contribution in [1.82, 2.24) is 0 Å². The fourth-order valence-corrected chi connectivity index (χ4v) is 1.74. The Morgan fingerprint density at radius 1 is 1.41 bits per heavy atom. The van der Waals surface area contributed by atoms with Crippen molar-refractivity contribution in [3.63, 3.8) is 0 Å². The Bertz CT molecular complexity index is 390. The summed E-state index contributed by atoms with van der Waals surface area (Å²) in [6, 6.07) is 7.47. The van der Waals surface area contributed by atoms with Gasteiger partial charge in [-0.3, -0.25) is 0 Å². The summed E-state index contributed by atoms with van der Waals surface area (Å²) in [6.45, 7) is 5.68. The Morgan fingerprint density at radius 3 is 2.53 bits per heavy atom. The lowest BCUT2D eigenvalue weighted by atomic mass is 9.95. The normalized spacial score (nSPS) is 14.4. The molecule has 94 valence electrons. The second kappa shape index (κ2) is 5.68. The molecule has 4 heteroatoms. The third kappa shape index (κ3) is 3.75. The Kier molecular flexibility index (Phi) is 4.52. The fourth-order valence-electron chi connectivity index (χ4n) is 1.74. The van der Waals surface area contributed by atoms with Crippen LogP contribution in [0.15, 0.2) is 24.3 Å². The molecule has 0 aliphatic rings. The standard InChI is InChI=1S/C13H19NO3/c1-8(2)12(17-13(14)16)11(15)10-6-4-5-9(3)7-10/h4-8,11-12,15H,1-3H3,(H2,14,16). The fraction of sp³-hybridized carbons (Fsp3) is 0.462. The van der Waals surface area contributed by atoms with Crippen molar-refractivity contribution in [3.8, 4) is 0 Å². The van der Waals surface area contributed by atoms with E-state index in [2.05, 4.69) is 0 Å². The number of aliphatic hydroxyl groups excluding tert-OH is 1. The topological polar surface area (TPSA) is 72.6 Å². The van der Waals surface area contributed by atoms with Gasteiger partial charge in [0.2, 0.25) is 0 Å². The monoisotopic (exact) mass is 237 g/mol. The van der Waals surface area contributed by atoms with E-state index in [0.29, 0.717) is 0 Å². The minimum absolute atomic E-state index is 0.0157. The SMILES string of the molecule is Cc1cccc(C(O)C(OC(N)=O)C(C)C)c1. The molecule has 0 aliphatic heterocycles. The molecule has 17 heavy (non-hydrogen) atoms. The van der Waals surface area contributed by atoms with Crippen molar-refractivity contribution < 1.29 is 14.6 Å². The van der Waals surface area contributed by atoms with Crippen LogP contribution in [0.2, 0.25) is 0 Å². The molecule has 1 aromatic carbocycles. The molecular weight excluding hydrogens is 218 g/mol. The minimum atomic E-state index is -0.865. The maximum atomic E-state index is 10.8. The number of ether oxygens (including phenoxy) is 1. The number of carbonyl (C=O) groups is 1. The van der Waals surface area contributed by atoms with Crippen LogP contribution >= 0.6 is 0 Å². The number of aliphatic hydroxyl groups is 1. The maximum Gasteiger partial charge on any atom is 0.404 e. The quantitative estimate of drug-likeness (QED) is 0.842. The molecule has 2 unspecified atom stereocenters. The lowest BCUT2D eigenvalue weighted by molar-refractivity contribution is -0.0196. The number of carbonyl (C=O) groups excluding carboxylic acids is 1. The molecule has 0 heterocycles. The van der Waals surface area contributed by atoms with Gasteiger partial charge in [-0.15, -0.1) is 0 Å². The molecule has 0 aromatic heterocycles. The average molecular weight is 237 g/mol. The number of nitrogens with two attached hydrogens (primary N) is 1. The molecule has 1 aromatic rings. The molecule has 1 rings (SSSR count). The van der Waals surface area contributed by atoms with E-state index in [1.165, 1.54) is 0 Å². The van der Waals surface area contributed by atoms with E-state index in [-0.39, 0.29) is 5.92 Å². The van der Waals surface area contributed by atoms with Crippen molar-refractivity contribution in [2.75, 3.05) is 0 Å². The molecule has 0 bridgehead atoms. The molecule has 1 amide bonds. The zero-order valence-electron chi connectivity index (χ0n) is 10.4. The van der Waals surface area contributed by atoms with Crippen molar-refractivity contribution in [2.24, 2.45) is 11.7 Å². The molecule has 0 fully saturated rings. The molecule has 0 saturated heterocycles. The minimum Gasteiger partial charge on any atom is -0.443 e. The highest BCUT2D eigenvalue weighted by Crippen LogP contribution is 2.25. The van der Waals surface area contributed by atoms with Crippen LogP contribution in [0.4, 0.5) is 4.79 Å². The second-order valence-corrected chi connectivity index (χ2v) is 4.50. The third-order valence-corrected chi connectivity index (χ3v) is 2.60. The lowest BCUT2D eigenvalue weighted by Crippen LogP contribution is -2.32. The highest BCUT2D eigenvalue weighted by Gasteiger charge is 2.27. The predicted molar refractivity (Wildman–Crippen MR) is 65.4 cm³/mol. The summed E-state index contributed by atoms with van der Waals surface area (Å²) >= 11 is 0. The van der Waals surface area contributed by atoms with Gasteiger partial charge in [-0.25, -0.2) is 4.79 Å². The van der Waals surface area contributed by atoms with E-state index in [4.69, 9.17) is 10.5 Å². The van der Waals surface area contributed by atoms with Gasteiger partial charge < -0.3 is 15.6 Å². The van der Waals surface area contributed by atoms with Crippen LogP contribution in [0.3, 0.4) is 0 Å². The van der Waals surface area contributed by atoms with Crippen LogP contribution in [-0.4, -0.2) is 17.3 Å². The summed E-state index contributed by atoms with van der Waals surface area (Å²) in [5.41, 5.74) is 6.78. The van der Waals surface area contributed by atoms with Crippen molar-refractivity contribution in [1.29, 1.82) is 0 Å². The molecule has 4 nitrogen and oxygen atoms in total. The van der Waals surface area contributed by atoms with E-state index >= 15 is 0 Å². The average Bonchev–Trinajstić information content (AvgIpc) is 2.24. The first-order valence-electron chi connectivity index (χ1n) is 5.62. The summed E-state index contributed by atoms with van der Waals surface area (Å²) < 4.78 is 4.96. The largest absolute Gasteiger partial charge is 0.443 e. The zero-order valence-corrected chi connectivity index (χ0v) is 10.4. The van der Waals surface area contributed by atoms with Gasteiger partial charge in [-0.05, 0) is 18.4 Å². The first kappa shape index (κ1) is 13.5. The maximum absolute atomic E-state index is 10.8. The van der Waals surface area contributed by atoms with Gasteiger partial charge >= 0.3 is 6.09 Å². The number of hydrogen-bond donors (Lipinski definition) is 2. The van der Waals surface area contributed by atoms with Gasteiger partial charge in [0.1, 0.15) is 12.2 Å². The summed E-state index contributed by atoms with van der Waals surface area (Å²) in [5, 5.41) is 10.2. The number of primary amides is 1. The summed E-state index contributed by atoms with van der Waals surface area (Å²) in [6.07, 6.45) is -2.35. The number of hydrogen-bond acceptors (Lipinski definition) is 3. The van der Waals surface area contributed by atoms with Gasteiger partial charge in [0.15, 0.2) is 0 Å². The second-order valence-electron chi connectivity index (χ2n) is 4.50. The van der Waals surface area contributed by atoms with Gasteiger partial charge in [-0.2, -0.15) is 0 Å². The Labute approximate surface area is 101 Å². The molecule has 0 spiro atoms. The van der Waals surface area contributed by atoms with Crippen LogP contribution in [0.5, 0.6) is 0 Å². The Hall–Kier alpha value is -1.55. The number of amides is 1. The lowest BCUT2D eigenvalue weighted by Gasteiger charge is -2.26. The van der Waals surface area contributed by atoms with Crippen LogP contribution in [0.1, 0.15) is 31.1 Å². The Morgan fingerprint density at radius 2 is 2.06 bits per heavy atom. The van der Waals surface area contributed by atoms with Gasteiger partial charge in [-0.1, -0.05) is 43.7 Å². The van der Waals surface area contributed by atoms with Crippen LogP contribution in [0, 0.1) is 12.8 Å². The van der Waals surface area contributed by atoms with E-state index in [1.807, 2.05) is 39.0 Å². The molecule has 3 N–H and O–H groups in total. The molecule has 0 aliphatic carbocycles. The number of aryl methyl sites for hydroxylation is 1. The summed E-state index contributed by atoms with van der Waals surface area (Å²) in [7, 11) is 0. The highest BCUT2D eigenvalue weighted by atomic mass is 16.6. The molecular formula is C13H19NO3. The van der Waals surface area contributed by atoms with Gasteiger partial charge in [0, 0.05) is 0 Å². The third-order valence-electron chi connectivity index (χ3n) is 2.60. The van der Waals surface area contributed by atoms with Crippen LogP contribution in [-0.2, 0) is 4.74 Å².